The predicted molar refractivity (Wildman–Crippen MR) is 84.9 cm³/mol. The minimum atomic E-state index is -0.145. The first-order valence-corrected chi connectivity index (χ1v) is 8.29. The Kier molecular flexibility index (Phi) is 4.12. The van der Waals surface area contributed by atoms with E-state index in [-0.39, 0.29) is 23.5 Å². The molecule has 22 heavy (non-hydrogen) atoms. The molecule has 0 radical (unpaired) electrons. The minimum Gasteiger partial charge on any atom is -0.378 e. The van der Waals surface area contributed by atoms with Crippen molar-refractivity contribution in [2.45, 2.75) is 64.6 Å². The lowest BCUT2D eigenvalue weighted by molar-refractivity contribution is -0.169. The largest absolute Gasteiger partial charge is 0.378 e. The topological polar surface area (TPSA) is 68.2 Å². The molecule has 2 aliphatic carbocycles. The molecule has 1 aromatic heterocycles. The SMILES string of the molecule is CCO[C@@H]1C[C@H](NC(=O)Nc2ccnn2C(C)C)C12CCC2. The molecule has 122 valence electrons. The van der Waals surface area contributed by atoms with Gasteiger partial charge in [0.2, 0.25) is 0 Å². The smallest absolute Gasteiger partial charge is 0.320 e. The fraction of sp³-hybridized carbons (Fsp3) is 0.750. The predicted octanol–water partition coefficient (Wildman–Crippen LogP) is 2.93. The monoisotopic (exact) mass is 306 g/mol. The van der Waals surface area contributed by atoms with Crippen molar-refractivity contribution in [2.24, 2.45) is 5.41 Å². The first-order valence-electron chi connectivity index (χ1n) is 8.29. The number of carbonyl (C=O) groups is 1. The molecular formula is C16H26N4O2. The molecule has 1 heterocycles. The van der Waals surface area contributed by atoms with Crippen molar-refractivity contribution < 1.29 is 9.53 Å². The van der Waals surface area contributed by atoms with Crippen molar-refractivity contribution in [3.8, 4) is 0 Å². The number of anilines is 1. The summed E-state index contributed by atoms with van der Waals surface area (Å²) in [5, 5.41) is 10.3. The number of nitrogens with zero attached hydrogens (tertiary/aromatic N) is 2. The van der Waals surface area contributed by atoms with E-state index in [9.17, 15) is 4.79 Å². The number of aromatic nitrogens is 2. The third-order valence-electron chi connectivity index (χ3n) is 5.14. The lowest BCUT2D eigenvalue weighted by atomic mass is 9.51. The summed E-state index contributed by atoms with van der Waals surface area (Å²) in [6, 6.07) is 2.12. The first kappa shape index (κ1) is 15.3. The summed E-state index contributed by atoms with van der Waals surface area (Å²) in [5.74, 6) is 0.732. The van der Waals surface area contributed by atoms with Crippen LogP contribution in [0.3, 0.4) is 0 Å². The van der Waals surface area contributed by atoms with Crippen LogP contribution in [0.15, 0.2) is 12.3 Å². The molecule has 2 aliphatic rings. The molecule has 2 saturated carbocycles. The minimum absolute atomic E-state index is 0.145. The zero-order valence-electron chi connectivity index (χ0n) is 13.6. The second kappa shape index (κ2) is 5.91. The molecule has 1 spiro atoms. The Labute approximate surface area is 131 Å². The maximum atomic E-state index is 12.3. The van der Waals surface area contributed by atoms with E-state index in [1.807, 2.05) is 31.5 Å². The standard InChI is InChI=1S/C16H26N4O2/c1-4-22-13-10-12(16(13)7-5-8-16)18-15(21)19-14-6-9-17-20(14)11(2)3/h6,9,11-13H,4-5,7-8,10H2,1-3H3,(H2,18,19,21)/t12-,13+/m0/s1. The number of carbonyl (C=O) groups excluding carboxylic acids is 1. The van der Waals surface area contributed by atoms with Crippen molar-refractivity contribution in [2.75, 3.05) is 11.9 Å². The Morgan fingerprint density at radius 1 is 1.55 bits per heavy atom. The van der Waals surface area contributed by atoms with E-state index < -0.39 is 0 Å². The van der Waals surface area contributed by atoms with Crippen molar-refractivity contribution in [1.82, 2.24) is 15.1 Å². The molecule has 2 amide bonds. The van der Waals surface area contributed by atoms with Gasteiger partial charge in [0.15, 0.2) is 0 Å². The van der Waals surface area contributed by atoms with Crippen molar-refractivity contribution in [3.05, 3.63) is 12.3 Å². The molecule has 2 fully saturated rings. The molecular weight excluding hydrogens is 280 g/mol. The molecule has 0 aromatic carbocycles. The molecule has 1 aromatic rings. The van der Waals surface area contributed by atoms with Crippen LogP contribution < -0.4 is 10.6 Å². The molecule has 2 atom stereocenters. The number of nitrogens with one attached hydrogen (secondary N) is 2. The van der Waals surface area contributed by atoms with Gasteiger partial charge in [0, 0.05) is 30.2 Å². The van der Waals surface area contributed by atoms with E-state index in [0.717, 1.165) is 31.7 Å². The maximum Gasteiger partial charge on any atom is 0.320 e. The summed E-state index contributed by atoms with van der Waals surface area (Å²) >= 11 is 0. The van der Waals surface area contributed by atoms with Crippen LogP contribution in [0.25, 0.3) is 0 Å². The summed E-state index contributed by atoms with van der Waals surface area (Å²) in [7, 11) is 0. The van der Waals surface area contributed by atoms with E-state index in [1.165, 1.54) is 6.42 Å². The van der Waals surface area contributed by atoms with Gasteiger partial charge in [-0.3, -0.25) is 5.32 Å². The van der Waals surface area contributed by atoms with Gasteiger partial charge in [0.1, 0.15) is 5.82 Å². The average Bonchev–Trinajstić information content (AvgIpc) is 2.83. The fourth-order valence-corrected chi connectivity index (χ4v) is 3.78. The van der Waals surface area contributed by atoms with Crippen LogP contribution in [-0.4, -0.2) is 34.6 Å². The van der Waals surface area contributed by atoms with Gasteiger partial charge in [-0.15, -0.1) is 0 Å². The molecule has 6 heteroatoms. The Bertz CT molecular complexity index is 536. The van der Waals surface area contributed by atoms with E-state index in [4.69, 9.17) is 4.74 Å². The Balaban J connectivity index is 1.57. The highest BCUT2D eigenvalue weighted by Crippen LogP contribution is 2.57. The first-order chi connectivity index (χ1) is 10.6. The number of amides is 2. The van der Waals surface area contributed by atoms with Gasteiger partial charge in [-0.1, -0.05) is 6.42 Å². The fourth-order valence-electron chi connectivity index (χ4n) is 3.78. The Morgan fingerprint density at radius 2 is 2.32 bits per heavy atom. The second-order valence-corrected chi connectivity index (χ2v) is 6.67. The van der Waals surface area contributed by atoms with Crippen LogP contribution in [0.2, 0.25) is 0 Å². The van der Waals surface area contributed by atoms with Crippen LogP contribution in [0, 0.1) is 5.41 Å². The van der Waals surface area contributed by atoms with Gasteiger partial charge >= 0.3 is 6.03 Å². The summed E-state index contributed by atoms with van der Waals surface area (Å²) in [6.45, 7) is 6.86. The zero-order valence-corrected chi connectivity index (χ0v) is 13.6. The van der Waals surface area contributed by atoms with E-state index in [1.54, 1.807) is 6.20 Å². The van der Waals surface area contributed by atoms with E-state index >= 15 is 0 Å². The van der Waals surface area contributed by atoms with Crippen LogP contribution in [0.4, 0.5) is 10.6 Å². The van der Waals surface area contributed by atoms with Crippen molar-refractivity contribution in [1.29, 1.82) is 0 Å². The Morgan fingerprint density at radius 3 is 2.91 bits per heavy atom. The quantitative estimate of drug-likeness (QED) is 0.879. The summed E-state index contributed by atoms with van der Waals surface area (Å²) in [6.07, 6.45) is 6.50. The number of rotatable bonds is 5. The normalized spacial score (nSPS) is 25.6. The second-order valence-electron chi connectivity index (χ2n) is 6.67. The van der Waals surface area contributed by atoms with Gasteiger partial charge in [-0.25, -0.2) is 9.48 Å². The highest BCUT2D eigenvalue weighted by Gasteiger charge is 2.59. The third-order valence-corrected chi connectivity index (χ3v) is 5.14. The van der Waals surface area contributed by atoms with E-state index in [0.29, 0.717) is 6.10 Å². The summed E-state index contributed by atoms with van der Waals surface area (Å²) in [5.41, 5.74) is 0.186. The number of hydrogen-bond acceptors (Lipinski definition) is 3. The number of ether oxygens (including phenoxy) is 1. The molecule has 0 bridgehead atoms. The maximum absolute atomic E-state index is 12.3. The van der Waals surface area contributed by atoms with Gasteiger partial charge in [0.05, 0.1) is 12.3 Å². The van der Waals surface area contributed by atoms with Crippen molar-refractivity contribution >= 4 is 11.8 Å². The van der Waals surface area contributed by atoms with E-state index in [2.05, 4.69) is 15.7 Å². The van der Waals surface area contributed by atoms with Gasteiger partial charge in [0.25, 0.3) is 0 Å². The molecule has 0 saturated heterocycles. The van der Waals surface area contributed by atoms with Gasteiger partial charge in [-0.05, 0) is 40.0 Å². The molecule has 2 N–H and O–H groups in total. The van der Waals surface area contributed by atoms with Crippen LogP contribution in [-0.2, 0) is 4.74 Å². The van der Waals surface area contributed by atoms with Gasteiger partial charge < -0.3 is 10.1 Å². The lowest BCUT2D eigenvalue weighted by Crippen LogP contribution is -2.68. The number of hydrogen-bond donors (Lipinski definition) is 2. The molecule has 0 unspecified atom stereocenters. The molecule has 6 nitrogen and oxygen atoms in total. The summed E-state index contributed by atoms with van der Waals surface area (Å²) in [4.78, 5) is 12.3. The van der Waals surface area contributed by atoms with Crippen LogP contribution in [0.1, 0.15) is 52.5 Å². The Hall–Kier alpha value is -1.56. The lowest BCUT2D eigenvalue weighted by Gasteiger charge is -2.60. The van der Waals surface area contributed by atoms with Gasteiger partial charge in [-0.2, -0.15) is 5.10 Å². The average molecular weight is 306 g/mol. The zero-order chi connectivity index (χ0) is 15.7. The molecule has 0 aliphatic heterocycles. The van der Waals surface area contributed by atoms with Crippen molar-refractivity contribution in [3.63, 3.8) is 0 Å². The highest BCUT2D eigenvalue weighted by molar-refractivity contribution is 5.88. The highest BCUT2D eigenvalue weighted by atomic mass is 16.5. The summed E-state index contributed by atoms with van der Waals surface area (Å²) < 4.78 is 7.63. The molecule has 3 rings (SSSR count). The van der Waals surface area contributed by atoms with Crippen LogP contribution >= 0.6 is 0 Å². The van der Waals surface area contributed by atoms with Crippen LogP contribution in [0.5, 0.6) is 0 Å². The number of urea groups is 1. The third kappa shape index (κ3) is 2.49.